The van der Waals surface area contributed by atoms with Gasteiger partial charge in [0.05, 0.1) is 11.4 Å². The summed E-state index contributed by atoms with van der Waals surface area (Å²) >= 11 is 0. The third kappa shape index (κ3) is 5.24. The Kier molecular flexibility index (Phi) is 6.57. The number of nitrogens with one attached hydrogen (secondary N) is 2. The van der Waals surface area contributed by atoms with Crippen molar-refractivity contribution in [1.29, 1.82) is 0 Å². The van der Waals surface area contributed by atoms with Crippen molar-refractivity contribution >= 4 is 23.0 Å². The van der Waals surface area contributed by atoms with Crippen molar-refractivity contribution in [1.82, 2.24) is 0 Å². The number of amides is 1. The Morgan fingerprint density at radius 3 is 2.62 bits per heavy atom. The van der Waals surface area contributed by atoms with Crippen LogP contribution in [0.3, 0.4) is 0 Å². The van der Waals surface area contributed by atoms with Crippen LogP contribution in [0.2, 0.25) is 0 Å². The Labute approximate surface area is 141 Å². The Hall–Kier alpha value is -2.60. The van der Waals surface area contributed by atoms with Gasteiger partial charge in [0.25, 0.3) is 5.91 Å². The maximum absolute atomic E-state index is 12.9. The molecule has 2 aromatic rings. The van der Waals surface area contributed by atoms with Crippen LogP contribution < -0.4 is 16.4 Å². The second kappa shape index (κ2) is 8.88. The van der Waals surface area contributed by atoms with Crippen molar-refractivity contribution in [3.05, 3.63) is 53.8 Å². The lowest BCUT2D eigenvalue weighted by Gasteiger charge is -2.12. The number of ether oxygens (including phenoxy) is 1. The molecule has 0 saturated carbocycles. The number of hydrogen-bond donors (Lipinski definition) is 3. The molecule has 0 fully saturated rings. The number of benzene rings is 2. The molecule has 0 heterocycles. The maximum atomic E-state index is 12.9. The molecule has 0 aromatic heterocycles. The number of rotatable bonds is 8. The largest absolute Gasteiger partial charge is 0.397 e. The van der Waals surface area contributed by atoms with Gasteiger partial charge in [0.1, 0.15) is 5.82 Å². The Balaban J connectivity index is 1.91. The third-order valence-electron chi connectivity index (χ3n) is 3.40. The smallest absolute Gasteiger partial charge is 0.255 e. The molecular weight excluding hydrogens is 309 g/mol. The zero-order valence-electron chi connectivity index (χ0n) is 13.6. The summed E-state index contributed by atoms with van der Waals surface area (Å²) in [6.07, 6.45) is 0.885. The van der Waals surface area contributed by atoms with E-state index in [1.807, 2.05) is 13.0 Å². The van der Waals surface area contributed by atoms with Crippen molar-refractivity contribution in [3.8, 4) is 0 Å². The lowest BCUT2D eigenvalue weighted by Crippen LogP contribution is -2.12. The summed E-state index contributed by atoms with van der Waals surface area (Å²) < 4.78 is 18.2. The molecule has 24 heavy (non-hydrogen) atoms. The molecule has 5 nitrogen and oxygen atoms in total. The maximum Gasteiger partial charge on any atom is 0.255 e. The van der Waals surface area contributed by atoms with E-state index in [0.717, 1.165) is 18.7 Å². The second-order valence-electron chi connectivity index (χ2n) is 5.24. The molecule has 1 amide bonds. The summed E-state index contributed by atoms with van der Waals surface area (Å²) in [6, 6.07) is 10.6. The molecule has 0 aliphatic rings. The van der Waals surface area contributed by atoms with Gasteiger partial charge in [-0.25, -0.2) is 4.39 Å². The van der Waals surface area contributed by atoms with E-state index in [4.69, 9.17) is 10.5 Å². The van der Waals surface area contributed by atoms with Gasteiger partial charge in [-0.05, 0) is 55.8 Å². The standard InChI is InChI=1S/C18H22FN3O2/c1-2-24-11-3-10-21-17-9-8-15(12-16(17)20)22-18(23)13-4-6-14(19)7-5-13/h4-9,12,21H,2-3,10-11,20H2,1H3,(H,22,23). The van der Waals surface area contributed by atoms with Crippen LogP contribution in [0.25, 0.3) is 0 Å². The quantitative estimate of drug-likeness (QED) is 0.511. The fraction of sp³-hybridized carbons (Fsp3) is 0.278. The number of halogens is 1. The van der Waals surface area contributed by atoms with Crippen LogP contribution in [0.4, 0.5) is 21.5 Å². The molecule has 0 aliphatic carbocycles. The van der Waals surface area contributed by atoms with Crippen LogP contribution in [0, 0.1) is 5.82 Å². The summed E-state index contributed by atoms with van der Waals surface area (Å²) in [5.74, 6) is -0.692. The number of nitrogens with two attached hydrogens (primary N) is 1. The first kappa shape index (κ1) is 17.7. The van der Waals surface area contributed by atoms with Gasteiger partial charge in [-0.15, -0.1) is 0 Å². The summed E-state index contributed by atoms with van der Waals surface area (Å²) in [6.45, 7) is 4.13. The monoisotopic (exact) mass is 331 g/mol. The average molecular weight is 331 g/mol. The molecule has 0 atom stereocenters. The van der Waals surface area contributed by atoms with Crippen molar-refractivity contribution < 1.29 is 13.9 Å². The molecule has 2 rings (SSSR count). The molecular formula is C18H22FN3O2. The van der Waals surface area contributed by atoms with E-state index >= 15 is 0 Å². The SMILES string of the molecule is CCOCCCNc1ccc(NC(=O)c2ccc(F)cc2)cc1N. The molecule has 0 aliphatic heterocycles. The molecule has 6 heteroatoms. The van der Waals surface area contributed by atoms with E-state index in [2.05, 4.69) is 10.6 Å². The minimum atomic E-state index is -0.379. The van der Waals surface area contributed by atoms with E-state index in [0.29, 0.717) is 30.2 Å². The fourth-order valence-corrected chi connectivity index (χ4v) is 2.15. The molecule has 2 aromatic carbocycles. The van der Waals surface area contributed by atoms with Gasteiger partial charge in [0.15, 0.2) is 0 Å². The van der Waals surface area contributed by atoms with Crippen LogP contribution in [0.5, 0.6) is 0 Å². The predicted molar refractivity (Wildman–Crippen MR) is 94.8 cm³/mol. The minimum absolute atomic E-state index is 0.313. The van der Waals surface area contributed by atoms with Crippen molar-refractivity contribution in [2.24, 2.45) is 0 Å². The highest BCUT2D eigenvalue weighted by Crippen LogP contribution is 2.23. The summed E-state index contributed by atoms with van der Waals surface area (Å²) in [5, 5.41) is 5.97. The van der Waals surface area contributed by atoms with Crippen molar-refractivity contribution in [3.63, 3.8) is 0 Å². The topological polar surface area (TPSA) is 76.4 Å². The van der Waals surface area contributed by atoms with Crippen molar-refractivity contribution in [2.45, 2.75) is 13.3 Å². The highest BCUT2D eigenvalue weighted by molar-refractivity contribution is 6.04. The Bertz CT molecular complexity index is 674. The molecule has 0 saturated heterocycles. The normalized spacial score (nSPS) is 10.4. The van der Waals surface area contributed by atoms with E-state index in [-0.39, 0.29) is 11.7 Å². The van der Waals surface area contributed by atoms with Crippen LogP contribution >= 0.6 is 0 Å². The van der Waals surface area contributed by atoms with Gasteiger partial charge in [-0.1, -0.05) is 0 Å². The van der Waals surface area contributed by atoms with Gasteiger partial charge >= 0.3 is 0 Å². The van der Waals surface area contributed by atoms with E-state index < -0.39 is 0 Å². The zero-order valence-corrected chi connectivity index (χ0v) is 13.6. The van der Waals surface area contributed by atoms with E-state index in [9.17, 15) is 9.18 Å². The number of anilines is 3. The zero-order chi connectivity index (χ0) is 17.4. The number of nitrogen functional groups attached to an aromatic ring is 1. The minimum Gasteiger partial charge on any atom is -0.397 e. The Morgan fingerprint density at radius 2 is 1.96 bits per heavy atom. The first-order valence-electron chi connectivity index (χ1n) is 7.88. The lowest BCUT2D eigenvalue weighted by atomic mass is 10.2. The second-order valence-corrected chi connectivity index (χ2v) is 5.24. The number of hydrogen-bond acceptors (Lipinski definition) is 4. The molecule has 4 N–H and O–H groups in total. The highest BCUT2D eigenvalue weighted by atomic mass is 19.1. The fourth-order valence-electron chi connectivity index (χ4n) is 2.15. The van der Waals surface area contributed by atoms with Crippen LogP contribution in [-0.4, -0.2) is 25.7 Å². The van der Waals surface area contributed by atoms with E-state index in [1.54, 1.807) is 12.1 Å². The molecule has 0 radical (unpaired) electrons. The Morgan fingerprint density at radius 1 is 1.21 bits per heavy atom. The highest BCUT2D eigenvalue weighted by Gasteiger charge is 2.07. The molecule has 0 unspecified atom stereocenters. The first-order chi connectivity index (χ1) is 11.6. The van der Waals surface area contributed by atoms with E-state index in [1.165, 1.54) is 24.3 Å². The summed E-state index contributed by atoms with van der Waals surface area (Å²) in [4.78, 5) is 12.1. The third-order valence-corrected chi connectivity index (χ3v) is 3.40. The van der Waals surface area contributed by atoms with Gasteiger partial charge < -0.3 is 21.1 Å². The van der Waals surface area contributed by atoms with Gasteiger partial charge in [-0.3, -0.25) is 4.79 Å². The molecule has 0 bridgehead atoms. The van der Waals surface area contributed by atoms with Crippen LogP contribution in [0.15, 0.2) is 42.5 Å². The lowest BCUT2D eigenvalue weighted by molar-refractivity contribution is 0.102. The summed E-state index contributed by atoms with van der Waals surface area (Å²) in [7, 11) is 0. The number of carbonyl (C=O) groups excluding carboxylic acids is 1. The summed E-state index contributed by atoms with van der Waals surface area (Å²) in [5.41, 5.74) is 8.33. The van der Waals surface area contributed by atoms with Gasteiger partial charge in [0, 0.05) is 31.0 Å². The number of carbonyl (C=O) groups is 1. The van der Waals surface area contributed by atoms with Gasteiger partial charge in [0.2, 0.25) is 0 Å². The van der Waals surface area contributed by atoms with Gasteiger partial charge in [-0.2, -0.15) is 0 Å². The molecule has 128 valence electrons. The molecule has 0 spiro atoms. The first-order valence-corrected chi connectivity index (χ1v) is 7.88. The van der Waals surface area contributed by atoms with Crippen LogP contribution in [0.1, 0.15) is 23.7 Å². The predicted octanol–water partition coefficient (Wildman–Crippen LogP) is 3.50. The van der Waals surface area contributed by atoms with Crippen LogP contribution in [-0.2, 0) is 4.74 Å². The van der Waals surface area contributed by atoms with Crippen molar-refractivity contribution in [2.75, 3.05) is 36.1 Å². The average Bonchev–Trinajstić information content (AvgIpc) is 2.57.